The van der Waals surface area contributed by atoms with Gasteiger partial charge in [-0.2, -0.15) is 0 Å². The molecule has 6 nitrogen and oxygen atoms in total. The van der Waals surface area contributed by atoms with Gasteiger partial charge in [-0.3, -0.25) is 4.79 Å². The number of carbonyl (C=O) groups excluding carboxylic acids is 1. The molecule has 3 aromatic rings. The van der Waals surface area contributed by atoms with E-state index in [1.54, 1.807) is 33.5 Å². The van der Waals surface area contributed by atoms with Crippen LogP contribution in [0, 0.1) is 0 Å². The number of aromatic nitrogens is 1. The minimum Gasteiger partial charge on any atom is -0.495 e. The lowest BCUT2D eigenvalue weighted by Gasteiger charge is -2.09. The van der Waals surface area contributed by atoms with Gasteiger partial charge in [-0.25, -0.2) is 4.98 Å². The lowest BCUT2D eigenvalue weighted by atomic mass is 10.1. The fraction of sp³-hybridized carbons (Fsp3) is 0.238. The van der Waals surface area contributed by atoms with Gasteiger partial charge in [0.25, 0.3) is 0 Å². The first-order valence-corrected chi connectivity index (χ1v) is 10.1. The molecule has 0 aliphatic carbocycles. The van der Waals surface area contributed by atoms with Crippen molar-refractivity contribution in [3.63, 3.8) is 0 Å². The molecule has 0 aliphatic heterocycles. The highest BCUT2D eigenvalue weighted by molar-refractivity contribution is 7.14. The highest BCUT2D eigenvalue weighted by Gasteiger charge is 2.11. The minimum atomic E-state index is -0.103. The van der Waals surface area contributed by atoms with Crippen LogP contribution in [-0.4, -0.2) is 32.2 Å². The van der Waals surface area contributed by atoms with Gasteiger partial charge in [0, 0.05) is 17.4 Å². The summed E-state index contributed by atoms with van der Waals surface area (Å²) >= 11 is 7.54. The van der Waals surface area contributed by atoms with E-state index in [-0.39, 0.29) is 5.91 Å². The van der Waals surface area contributed by atoms with Crippen molar-refractivity contribution < 1.29 is 19.0 Å². The third-order valence-corrected chi connectivity index (χ3v) is 5.34. The van der Waals surface area contributed by atoms with Gasteiger partial charge in [0.2, 0.25) is 5.91 Å². The van der Waals surface area contributed by atoms with Crippen LogP contribution in [0.4, 0.5) is 5.13 Å². The van der Waals surface area contributed by atoms with E-state index in [0.717, 1.165) is 16.8 Å². The molecule has 0 spiro atoms. The molecule has 1 heterocycles. The van der Waals surface area contributed by atoms with Crippen molar-refractivity contribution in [2.75, 3.05) is 26.6 Å². The van der Waals surface area contributed by atoms with Gasteiger partial charge in [0.05, 0.1) is 32.0 Å². The molecule has 1 aromatic heterocycles. The Balaban J connectivity index is 1.60. The molecule has 1 amide bonds. The molecular weight excluding hydrogens is 412 g/mol. The van der Waals surface area contributed by atoms with Crippen molar-refractivity contribution in [2.45, 2.75) is 12.8 Å². The molecule has 0 unspecified atom stereocenters. The lowest BCUT2D eigenvalue weighted by Crippen LogP contribution is -2.12. The second-order valence-electron chi connectivity index (χ2n) is 6.12. The number of hydrogen-bond acceptors (Lipinski definition) is 6. The number of thiazole rings is 1. The molecule has 2 aromatic carbocycles. The third-order valence-electron chi connectivity index (χ3n) is 4.29. The molecule has 8 heteroatoms. The monoisotopic (exact) mass is 432 g/mol. The summed E-state index contributed by atoms with van der Waals surface area (Å²) in [6.45, 7) is 0. The maximum absolute atomic E-state index is 12.3. The van der Waals surface area contributed by atoms with E-state index < -0.39 is 0 Å². The summed E-state index contributed by atoms with van der Waals surface area (Å²) in [5, 5.41) is 5.78. The van der Waals surface area contributed by atoms with E-state index in [2.05, 4.69) is 10.3 Å². The standard InChI is InChI=1S/C21H21ClN2O4S/c1-26-17-8-6-14(11-15(17)22)16-12-29-21(23-16)24-20(25)9-5-13-4-7-18(27-2)19(10-13)28-3/h4,6-8,10-12H,5,9H2,1-3H3,(H,23,24,25). The zero-order chi connectivity index (χ0) is 20.8. The highest BCUT2D eigenvalue weighted by atomic mass is 35.5. The Hall–Kier alpha value is -2.77. The predicted molar refractivity (Wildman–Crippen MR) is 116 cm³/mol. The highest BCUT2D eigenvalue weighted by Crippen LogP contribution is 2.32. The zero-order valence-corrected chi connectivity index (χ0v) is 17.9. The molecule has 0 bridgehead atoms. The number of halogens is 1. The molecule has 0 atom stereocenters. The average Bonchev–Trinajstić information content (AvgIpc) is 3.20. The van der Waals surface area contributed by atoms with Crippen LogP contribution in [0.1, 0.15) is 12.0 Å². The van der Waals surface area contributed by atoms with Crippen molar-refractivity contribution in [1.29, 1.82) is 0 Å². The number of hydrogen-bond donors (Lipinski definition) is 1. The zero-order valence-electron chi connectivity index (χ0n) is 16.3. The second-order valence-corrected chi connectivity index (χ2v) is 7.39. The summed E-state index contributed by atoms with van der Waals surface area (Å²) in [5.74, 6) is 1.81. The number of rotatable bonds is 8. The van der Waals surface area contributed by atoms with Gasteiger partial charge in [-0.15, -0.1) is 11.3 Å². The van der Waals surface area contributed by atoms with Crippen LogP contribution in [0.3, 0.4) is 0 Å². The average molecular weight is 433 g/mol. The first-order chi connectivity index (χ1) is 14.0. The maximum atomic E-state index is 12.3. The molecule has 152 valence electrons. The van der Waals surface area contributed by atoms with Crippen molar-refractivity contribution in [3.05, 3.63) is 52.4 Å². The van der Waals surface area contributed by atoms with Crippen molar-refractivity contribution in [1.82, 2.24) is 4.98 Å². The molecular formula is C21H21ClN2O4S. The first kappa shape index (κ1) is 21.0. The molecule has 0 aliphatic rings. The van der Waals surface area contributed by atoms with Crippen molar-refractivity contribution in [3.8, 4) is 28.5 Å². The molecule has 3 rings (SSSR count). The van der Waals surface area contributed by atoms with Crippen LogP contribution < -0.4 is 19.5 Å². The van der Waals surface area contributed by atoms with Gasteiger partial charge < -0.3 is 19.5 Å². The van der Waals surface area contributed by atoms with Gasteiger partial charge in [-0.05, 0) is 42.3 Å². The van der Waals surface area contributed by atoms with E-state index in [0.29, 0.717) is 40.2 Å². The van der Waals surface area contributed by atoms with Crippen LogP contribution in [0.5, 0.6) is 17.2 Å². The van der Waals surface area contributed by atoms with Crippen LogP contribution in [0.15, 0.2) is 41.8 Å². The number of anilines is 1. The van der Waals surface area contributed by atoms with Crippen molar-refractivity contribution in [2.24, 2.45) is 0 Å². The predicted octanol–water partition coefficient (Wildman–Crippen LogP) is 5.06. The van der Waals surface area contributed by atoms with Gasteiger partial charge in [0.1, 0.15) is 5.75 Å². The number of amides is 1. The normalized spacial score (nSPS) is 10.5. The van der Waals surface area contributed by atoms with E-state index >= 15 is 0 Å². The summed E-state index contributed by atoms with van der Waals surface area (Å²) in [5.41, 5.74) is 2.60. The smallest absolute Gasteiger partial charge is 0.226 e. The van der Waals surface area contributed by atoms with Gasteiger partial charge in [0.15, 0.2) is 16.6 Å². The first-order valence-electron chi connectivity index (χ1n) is 8.84. The van der Waals surface area contributed by atoms with Crippen LogP contribution >= 0.6 is 22.9 Å². The van der Waals surface area contributed by atoms with Crippen LogP contribution in [0.2, 0.25) is 5.02 Å². The largest absolute Gasteiger partial charge is 0.495 e. The van der Waals surface area contributed by atoms with Crippen LogP contribution in [-0.2, 0) is 11.2 Å². The fourth-order valence-electron chi connectivity index (χ4n) is 2.77. The summed E-state index contributed by atoms with van der Waals surface area (Å²) in [4.78, 5) is 16.8. The molecule has 0 radical (unpaired) electrons. The number of nitrogens with zero attached hydrogens (tertiary/aromatic N) is 1. The Morgan fingerprint density at radius 3 is 2.45 bits per heavy atom. The minimum absolute atomic E-state index is 0.103. The van der Waals surface area contributed by atoms with Crippen molar-refractivity contribution >= 4 is 34.0 Å². The van der Waals surface area contributed by atoms with Gasteiger partial charge >= 0.3 is 0 Å². The van der Waals surface area contributed by atoms with E-state index in [4.69, 9.17) is 25.8 Å². The third kappa shape index (κ3) is 5.19. The summed E-state index contributed by atoms with van der Waals surface area (Å²) < 4.78 is 15.7. The van der Waals surface area contributed by atoms with Gasteiger partial charge in [-0.1, -0.05) is 17.7 Å². The molecule has 0 fully saturated rings. The molecule has 29 heavy (non-hydrogen) atoms. The Labute approximate surface area is 178 Å². The summed E-state index contributed by atoms with van der Waals surface area (Å²) in [7, 11) is 4.75. The SMILES string of the molecule is COc1ccc(-c2csc(NC(=O)CCc3ccc(OC)c(OC)c3)n2)cc1Cl. The molecule has 1 N–H and O–H groups in total. The maximum Gasteiger partial charge on any atom is 0.226 e. The molecule has 0 saturated heterocycles. The topological polar surface area (TPSA) is 69.7 Å². The fourth-order valence-corrected chi connectivity index (χ4v) is 3.76. The number of benzene rings is 2. The van der Waals surface area contributed by atoms with E-state index in [1.807, 2.05) is 29.6 Å². The number of nitrogens with one attached hydrogen (secondary N) is 1. The Kier molecular flexibility index (Phi) is 6.95. The van der Waals surface area contributed by atoms with Crippen LogP contribution in [0.25, 0.3) is 11.3 Å². The lowest BCUT2D eigenvalue weighted by molar-refractivity contribution is -0.116. The molecule has 0 saturated carbocycles. The van der Waals surface area contributed by atoms with E-state index in [9.17, 15) is 4.79 Å². The summed E-state index contributed by atoms with van der Waals surface area (Å²) in [6, 6.07) is 11.1. The number of ether oxygens (including phenoxy) is 3. The number of aryl methyl sites for hydroxylation is 1. The Morgan fingerprint density at radius 1 is 1.03 bits per heavy atom. The second kappa shape index (κ2) is 9.62. The number of methoxy groups -OCH3 is 3. The number of carbonyl (C=O) groups is 1. The van der Waals surface area contributed by atoms with E-state index in [1.165, 1.54) is 11.3 Å². The Bertz CT molecular complexity index is 1010. The summed E-state index contributed by atoms with van der Waals surface area (Å²) in [6.07, 6.45) is 0.914. The quantitative estimate of drug-likeness (QED) is 0.538. The Morgan fingerprint density at radius 2 is 1.76 bits per heavy atom.